The molecule has 164 valence electrons. The minimum absolute atomic E-state index is 0.135. The molecular weight excluding hydrogens is 405 g/mol. The highest BCUT2D eigenvalue weighted by Gasteiger charge is 2.40. The zero-order valence-corrected chi connectivity index (χ0v) is 17.6. The average molecular weight is 429 g/mol. The maximum Gasteiger partial charge on any atom is 0.276 e. The Morgan fingerprint density at radius 2 is 1.94 bits per heavy atom. The van der Waals surface area contributed by atoms with E-state index in [1.165, 1.54) is 32.7 Å². The summed E-state index contributed by atoms with van der Waals surface area (Å²) >= 11 is 0. The van der Waals surface area contributed by atoms with Crippen molar-refractivity contribution < 1.29 is 23.8 Å². The lowest BCUT2D eigenvalue weighted by Gasteiger charge is -2.36. The Morgan fingerprint density at radius 1 is 1.26 bits per heavy atom. The first-order valence-electron chi connectivity index (χ1n) is 10.0. The number of carbonyl (C=O) groups is 2. The van der Waals surface area contributed by atoms with E-state index in [2.05, 4.69) is 0 Å². The second-order valence-corrected chi connectivity index (χ2v) is 8.73. The first-order valence-corrected chi connectivity index (χ1v) is 10.0. The standard InChI is InChI=1S/C22H24FN3O5/c1-22(2,3)26(10-13-4-6-14(23)7-5-13)20(29)15-11-24-12-16-25(8-9-31-16)21(30)17(24)19(28)18(15)27/h4-7,11,16,28H,8-10,12H2,1-3H3/t16-/m1/s1. The third-order valence-corrected chi connectivity index (χ3v) is 5.60. The number of benzene rings is 1. The molecule has 9 heteroatoms. The highest BCUT2D eigenvalue weighted by molar-refractivity contribution is 5.99. The van der Waals surface area contributed by atoms with Crippen LogP contribution in [0.5, 0.6) is 5.75 Å². The van der Waals surface area contributed by atoms with Crippen molar-refractivity contribution in [1.29, 1.82) is 0 Å². The van der Waals surface area contributed by atoms with Crippen LogP contribution >= 0.6 is 0 Å². The van der Waals surface area contributed by atoms with Gasteiger partial charge in [0.15, 0.2) is 17.7 Å². The number of halogens is 1. The minimum Gasteiger partial charge on any atom is -0.503 e. The van der Waals surface area contributed by atoms with Crippen LogP contribution < -0.4 is 5.43 Å². The summed E-state index contributed by atoms with van der Waals surface area (Å²) in [6, 6.07) is 5.75. The molecule has 0 spiro atoms. The molecule has 1 aromatic heterocycles. The van der Waals surface area contributed by atoms with Crippen LogP contribution in [0.25, 0.3) is 0 Å². The van der Waals surface area contributed by atoms with Gasteiger partial charge >= 0.3 is 0 Å². The maximum atomic E-state index is 13.4. The Hall–Kier alpha value is -3.20. The molecule has 1 atom stereocenters. The van der Waals surface area contributed by atoms with E-state index in [1.807, 2.05) is 20.8 Å². The van der Waals surface area contributed by atoms with Crippen molar-refractivity contribution in [2.75, 3.05) is 13.2 Å². The van der Waals surface area contributed by atoms with Gasteiger partial charge in [-0.3, -0.25) is 14.4 Å². The van der Waals surface area contributed by atoms with E-state index in [9.17, 15) is 23.9 Å². The molecule has 2 aromatic rings. The normalized spacial score (nSPS) is 18.0. The molecule has 0 saturated carbocycles. The van der Waals surface area contributed by atoms with E-state index in [4.69, 9.17) is 4.74 Å². The first kappa shape index (κ1) is 21.0. The molecule has 31 heavy (non-hydrogen) atoms. The summed E-state index contributed by atoms with van der Waals surface area (Å²) in [5.74, 6) is -2.21. The van der Waals surface area contributed by atoms with Crippen molar-refractivity contribution in [1.82, 2.24) is 14.4 Å². The minimum atomic E-state index is -0.892. The monoisotopic (exact) mass is 429 g/mol. The molecule has 2 aliphatic heterocycles. The predicted octanol–water partition coefficient (Wildman–Crippen LogP) is 1.95. The first-order chi connectivity index (χ1) is 14.6. The molecular formula is C22H24FN3O5. The molecule has 0 unspecified atom stereocenters. The number of aromatic nitrogens is 1. The number of fused-ring (bicyclic) bond motifs is 2. The van der Waals surface area contributed by atoms with Gasteiger partial charge in [-0.25, -0.2) is 4.39 Å². The van der Waals surface area contributed by atoms with E-state index in [0.29, 0.717) is 18.7 Å². The van der Waals surface area contributed by atoms with Crippen LogP contribution in [0, 0.1) is 5.82 Å². The lowest BCUT2D eigenvalue weighted by Crippen LogP contribution is -2.48. The van der Waals surface area contributed by atoms with Crippen LogP contribution in [0.15, 0.2) is 35.3 Å². The summed E-state index contributed by atoms with van der Waals surface area (Å²) in [6.45, 7) is 6.56. The van der Waals surface area contributed by atoms with Crippen LogP contribution in [0.4, 0.5) is 4.39 Å². The molecule has 1 saturated heterocycles. The number of hydrogen-bond donors (Lipinski definition) is 1. The fraction of sp³-hybridized carbons (Fsp3) is 0.409. The highest BCUT2D eigenvalue weighted by Crippen LogP contribution is 2.28. The summed E-state index contributed by atoms with van der Waals surface area (Å²) in [4.78, 5) is 42.0. The summed E-state index contributed by atoms with van der Waals surface area (Å²) < 4.78 is 20.2. The van der Waals surface area contributed by atoms with Gasteiger partial charge in [0.05, 0.1) is 13.2 Å². The Bertz CT molecular complexity index is 1100. The second-order valence-electron chi connectivity index (χ2n) is 8.73. The van der Waals surface area contributed by atoms with E-state index < -0.39 is 34.8 Å². The summed E-state index contributed by atoms with van der Waals surface area (Å²) in [7, 11) is 0. The summed E-state index contributed by atoms with van der Waals surface area (Å²) in [6.07, 6.45) is 0.822. The van der Waals surface area contributed by atoms with Crippen molar-refractivity contribution in [2.24, 2.45) is 0 Å². The van der Waals surface area contributed by atoms with Crippen LogP contribution in [0.3, 0.4) is 0 Å². The predicted molar refractivity (Wildman–Crippen MR) is 109 cm³/mol. The Balaban J connectivity index is 1.74. The van der Waals surface area contributed by atoms with Crippen molar-refractivity contribution in [3.05, 3.63) is 63.3 Å². The molecule has 1 fully saturated rings. The number of ether oxygens (including phenoxy) is 1. The number of hydrogen-bond acceptors (Lipinski definition) is 5. The molecule has 0 bridgehead atoms. The van der Waals surface area contributed by atoms with Crippen molar-refractivity contribution >= 4 is 11.8 Å². The number of pyridine rings is 1. The molecule has 2 amide bonds. The third kappa shape index (κ3) is 3.69. The molecule has 0 radical (unpaired) electrons. The van der Waals surface area contributed by atoms with Crippen LogP contribution in [0.1, 0.15) is 47.2 Å². The SMILES string of the molecule is CC(C)(C)N(Cc1ccc(F)cc1)C(=O)c1cn2c(c(O)c1=O)C(=O)N1CCO[C@@H]1C2. The molecule has 4 rings (SSSR count). The number of carbonyl (C=O) groups excluding carboxylic acids is 2. The topological polar surface area (TPSA) is 92.1 Å². The van der Waals surface area contributed by atoms with E-state index in [0.717, 1.165) is 0 Å². The Kier molecular flexibility index (Phi) is 5.09. The lowest BCUT2D eigenvalue weighted by atomic mass is 10.0. The largest absolute Gasteiger partial charge is 0.503 e. The molecule has 1 N–H and O–H groups in total. The number of rotatable bonds is 3. The van der Waals surface area contributed by atoms with Crippen molar-refractivity contribution in [3.8, 4) is 5.75 Å². The molecule has 1 aromatic carbocycles. The van der Waals surface area contributed by atoms with Crippen LogP contribution in [-0.2, 0) is 17.8 Å². The number of nitrogens with zero attached hydrogens (tertiary/aromatic N) is 3. The van der Waals surface area contributed by atoms with Gasteiger partial charge in [-0.15, -0.1) is 0 Å². The van der Waals surface area contributed by atoms with Crippen molar-refractivity contribution in [2.45, 2.75) is 45.6 Å². The number of amides is 2. The average Bonchev–Trinajstić information content (AvgIpc) is 3.17. The van der Waals surface area contributed by atoms with Crippen molar-refractivity contribution in [3.63, 3.8) is 0 Å². The highest BCUT2D eigenvalue weighted by atomic mass is 19.1. The molecule has 0 aliphatic carbocycles. The molecule has 2 aliphatic rings. The van der Waals surface area contributed by atoms with Gasteiger partial charge in [-0.1, -0.05) is 12.1 Å². The van der Waals surface area contributed by atoms with E-state index in [-0.39, 0.29) is 30.2 Å². The van der Waals surface area contributed by atoms with E-state index in [1.54, 1.807) is 12.1 Å². The van der Waals surface area contributed by atoms with Gasteiger partial charge in [-0.2, -0.15) is 0 Å². The number of aromatic hydroxyl groups is 1. The van der Waals surface area contributed by atoms with Gasteiger partial charge in [0, 0.05) is 24.8 Å². The summed E-state index contributed by atoms with van der Waals surface area (Å²) in [5, 5.41) is 10.5. The molecule has 3 heterocycles. The molecule has 8 nitrogen and oxygen atoms in total. The quantitative estimate of drug-likeness (QED) is 0.805. The van der Waals surface area contributed by atoms with Gasteiger partial charge in [0.1, 0.15) is 11.4 Å². The second kappa shape index (κ2) is 7.49. The van der Waals surface area contributed by atoms with Gasteiger partial charge in [0.25, 0.3) is 11.8 Å². The van der Waals surface area contributed by atoms with Crippen LogP contribution in [-0.4, -0.2) is 56.2 Å². The zero-order chi connectivity index (χ0) is 22.5. The zero-order valence-electron chi connectivity index (χ0n) is 17.6. The Morgan fingerprint density at radius 3 is 2.58 bits per heavy atom. The van der Waals surface area contributed by atoms with E-state index >= 15 is 0 Å². The lowest BCUT2D eigenvalue weighted by molar-refractivity contribution is 0.00833. The van der Waals surface area contributed by atoms with Gasteiger partial charge in [-0.05, 0) is 38.5 Å². The summed E-state index contributed by atoms with van der Waals surface area (Å²) in [5.41, 5.74) is -1.25. The van der Waals surface area contributed by atoms with Gasteiger partial charge < -0.3 is 24.2 Å². The van der Waals surface area contributed by atoms with Crippen LogP contribution in [0.2, 0.25) is 0 Å². The Labute approximate surface area is 178 Å². The fourth-order valence-corrected chi connectivity index (χ4v) is 3.91. The van der Waals surface area contributed by atoms with Gasteiger partial charge in [0.2, 0.25) is 5.43 Å². The fourth-order valence-electron chi connectivity index (χ4n) is 3.91. The smallest absolute Gasteiger partial charge is 0.276 e. The maximum absolute atomic E-state index is 13.4. The third-order valence-electron chi connectivity index (χ3n) is 5.60.